The SMILES string of the molecule is COCN1CC2CC3=NC(C)CCC3C(C)C2C1.O=S(=O)(O)O. The summed E-state index contributed by atoms with van der Waals surface area (Å²) >= 11 is 0. The minimum absolute atomic E-state index is 0.566. The summed E-state index contributed by atoms with van der Waals surface area (Å²) in [5.41, 5.74) is 1.54. The third-order valence-corrected chi connectivity index (χ3v) is 5.37. The van der Waals surface area contributed by atoms with E-state index in [2.05, 4.69) is 18.7 Å². The van der Waals surface area contributed by atoms with Gasteiger partial charge in [-0.3, -0.25) is 19.0 Å². The molecule has 0 aromatic rings. The molecule has 0 bridgehead atoms. The lowest BCUT2D eigenvalue weighted by atomic mass is 9.65. The van der Waals surface area contributed by atoms with Gasteiger partial charge in [-0.1, -0.05) is 6.92 Å². The van der Waals surface area contributed by atoms with Crippen LogP contribution >= 0.6 is 0 Å². The molecule has 1 saturated heterocycles. The average molecular weight is 348 g/mol. The highest BCUT2D eigenvalue weighted by Crippen LogP contribution is 2.45. The number of ether oxygens (including phenoxy) is 1. The van der Waals surface area contributed by atoms with Crippen molar-refractivity contribution in [2.45, 2.75) is 39.2 Å². The Bertz CT molecular complexity index is 528. The Morgan fingerprint density at radius 1 is 1.26 bits per heavy atom. The molecule has 0 amide bonds. The number of rotatable bonds is 2. The van der Waals surface area contributed by atoms with Crippen molar-refractivity contribution in [1.82, 2.24) is 4.90 Å². The molecule has 23 heavy (non-hydrogen) atoms. The summed E-state index contributed by atoms with van der Waals surface area (Å²) in [6, 6.07) is 0.566. The van der Waals surface area contributed by atoms with Gasteiger partial charge in [-0.15, -0.1) is 0 Å². The molecule has 2 aliphatic heterocycles. The Kier molecular flexibility index (Phi) is 6.18. The summed E-state index contributed by atoms with van der Waals surface area (Å²) in [5, 5.41) is 0. The maximum atomic E-state index is 8.74. The predicted molar refractivity (Wildman–Crippen MR) is 88.0 cm³/mol. The van der Waals surface area contributed by atoms with Crippen molar-refractivity contribution in [3.05, 3.63) is 0 Å². The standard InChI is InChI=1S/C15H26N2O.H2O4S/c1-10-4-5-13-11(2)14-8-17(9-18-3)7-12(14)6-15(13)16-10;1-5(2,3)4/h10-14H,4-9H2,1-3H3;(H2,1,2,3,4). The van der Waals surface area contributed by atoms with Crippen LogP contribution in [0.5, 0.6) is 0 Å². The van der Waals surface area contributed by atoms with Gasteiger partial charge in [-0.05, 0) is 49.9 Å². The molecule has 1 saturated carbocycles. The van der Waals surface area contributed by atoms with E-state index in [4.69, 9.17) is 27.3 Å². The highest BCUT2D eigenvalue weighted by molar-refractivity contribution is 7.79. The van der Waals surface area contributed by atoms with Gasteiger partial charge in [-0.2, -0.15) is 8.42 Å². The van der Waals surface area contributed by atoms with Crippen molar-refractivity contribution < 1.29 is 22.3 Å². The fourth-order valence-electron chi connectivity index (χ4n) is 4.46. The molecule has 134 valence electrons. The minimum Gasteiger partial charge on any atom is -0.369 e. The summed E-state index contributed by atoms with van der Waals surface area (Å²) in [6.07, 6.45) is 3.91. The normalized spacial score (nSPS) is 37.3. The first-order valence-corrected chi connectivity index (χ1v) is 9.56. The van der Waals surface area contributed by atoms with Crippen molar-refractivity contribution in [1.29, 1.82) is 0 Å². The number of methoxy groups -OCH3 is 1. The molecule has 2 heterocycles. The lowest BCUT2D eigenvalue weighted by Crippen LogP contribution is -2.41. The molecule has 3 rings (SSSR count). The van der Waals surface area contributed by atoms with Crippen LogP contribution in [0.2, 0.25) is 0 Å². The van der Waals surface area contributed by atoms with Gasteiger partial charge in [0.05, 0.1) is 6.73 Å². The molecule has 7 nitrogen and oxygen atoms in total. The van der Waals surface area contributed by atoms with Crippen molar-refractivity contribution in [3.8, 4) is 0 Å². The van der Waals surface area contributed by atoms with E-state index in [9.17, 15) is 0 Å². The van der Waals surface area contributed by atoms with Gasteiger partial charge in [0, 0.05) is 32.0 Å². The molecule has 0 spiro atoms. The number of nitrogens with zero attached hydrogens (tertiary/aromatic N) is 2. The second kappa shape index (κ2) is 7.57. The van der Waals surface area contributed by atoms with E-state index in [1.54, 1.807) is 12.8 Å². The maximum Gasteiger partial charge on any atom is 0.394 e. The topological polar surface area (TPSA) is 99.4 Å². The van der Waals surface area contributed by atoms with Crippen LogP contribution < -0.4 is 0 Å². The lowest BCUT2D eigenvalue weighted by Gasteiger charge is -2.41. The second-order valence-electron chi connectivity index (χ2n) is 7.04. The zero-order chi connectivity index (χ0) is 17.2. The van der Waals surface area contributed by atoms with Crippen LogP contribution in [0.4, 0.5) is 0 Å². The van der Waals surface area contributed by atoms with Gasteiger partial charge in [-0.25, -0.2) is 0 Å². The van der Waals surface area contributed by atoms with Crippen LogP contribution in [0, 0.1) is 23.7 Å². The van der Waals surface area contributed by atoms with E-state index in [1.807, 2.05) is 0 Å². The molecule has 2 N–H and O–H groups in total. The number of likely N-dealkylation sites (tertiary alicyclic amines) is 1. The van der Waals surface area contributed by atoms with E-state index in [-0.39, 0.29) is 0 Å². The second-order valence-corrected chi connectivity index (χ2v) is 7.94. The Hall–Kier alpha value is -0.540. The Morgan fingerprint density at radius 3 is 2.52 bits per heavy atom. The zero-order valence-corrected chi connectivity index (χ0v) is 14.9. The van der Waals surface area contributed by atoms with Crippen LogP contribution in [-0.2, 0) is 15.1 Å². The van der Waals surface area contributed by atoms with Crippen molar-refractivity contribution in [2.75, 3.05) is 26.9 Å². The molecule has 1 aliphatic carbocycles. The highest BCUT2D eigenvalue weighted by Gasteiger charge is 2.45. The smallest absolute Gasteiger partial charge is 0.369 e. The molecule has 0 radical (unpaired) electrons. The van der Waals surface area contributed by atoms with Gasteiger partial charge in [0.15, 0.2) is 0 Å². The highest BCUT2D eigenvalue weighted by atomic mass is 32.3. The molecular weight excluding hydrogens is 320 g/mol. The molecule has 5 unspecified atom stereocenters. The van der Waals surface area contributed by atoms with Crippen molar-refractivity contribution >= 4 is 16.1 Å². The Balaban J connectivity index is 0.000000338. The molecule has 8 heteroatoms. The zero-order valence-electron chi connectivity index (χ0n) is 14.1. The summed E-state index contributed by atoms with van der Waals surface area (Å²) in [6.45, 7) is 7.98. The van der Waals surface area contributed by atoms with E-state index < -0.39 is 10.4 Å². The maximum absolute atomic E-state index is 8.74. The number of aliphatic imine (C=N–C) groups is 1. The lowest BCUT2D eigenvalue weighted by molar-refractivity contribution is 0.0748. The van der Waals surface area contributed by atoms with Gasteiger partial charge < -0.3 is 4.74 Å². The number of hydrogen-bond acceptors (Lipinski definition) is 5. The first-order valence-electron chi connectivity index (χ1n) is 8.16. The van der Waals surface area contributed by atoms with Crippen LogP contribution in [0.25, 0.3) is 0 Å². The minimum atomic E-state index is -4.67. The summed E-state index contributed by atoms with van der Waals surface area (Å²) < 4.78 is 36.9. The number of hydrogen-bond donors (Lipinski definition) is 2. The number of fused-ring (bicyclic) bond motifs is 2. The van der Waals surface area contributed by atoms with Crippen LogP contribution in [-0.4, -0.2) is 61.1 Å². The molecular formula is C15H28N2O5S. The fraction of sp³-hybridized carbons (Fsp3) is 0.933. The Morgan fingerprint density at radius 2 is 1.91 bits per heavy atom. The Labute approximate surface area is 138 Å². The third kappa shape index (κ3) is 5.22. The molecule has 5 atom stereocenters. The van der Waals surface area contributed by atoms with Crippen molar-refractivity contribution in [3.63, 3.8) is 0 Å². The average Bonchev–Trinajstić information content (AvgIpc) is 2.80. The van der Waals surface area contributed by atoms with Gasteiger partial charge in [0.1, 0.15) is 0 Å². The van der Waals surface area contributed by atoms with E-state index in [0.29, 0.717) is 6.04 Å². The summed E-state index contributed by atoms with van der Waals surface area (Å²) in [5.74, 6) is 3.30. The van der Waals surface area contributed by atoms with Gasteiger partial charge in [0.25, 0.3) is 0 Å². The first kappa shape index (κ1) is 18.8. The fourth-order valence-corrected chi connectivity index (χ4v) is 4.46. The predicted octanol–water partition coefficient (Wildman–Crippen LogP) is 1.76. The van der Waals surface area contributed by atoms with Crippen LogP contribution in [0.1, 0.15) is 33.1 Å². The van der Waals surface area contributed by atoms with E-state index >= 15 is 0 Å². The van der Waals surface area contributed by atoms with Crippen LogP contribution in [0.15, 0.2) is 4.99 Å². The molecule has 3 aliphatic rings. The van der Waals surface area contributed by atoms with Gasteiger partial charge >= 0.3 is 10.4 Å². The molecule has 0 aromatic carbocycles. The largest absolute Gasteiger partial charge is 0.394 e. The summed E-state index contributed by atoms with van der Waals surface area (Å²) in [7, 11) is -2.86. The van der Waals surface area contributed by atoms with E-state index in [0.717, 1.165) is 30.4 Å². The van der Waals surface area contributed by atoms with Gasteiger partial charge in [0.2, 0.25) is 0 Å². The van der Waals surface area contributed by atoms with E-state index in [1.165, 1.54) is 32.4 Å². The quantitative estimate of drug-likeness (QED) is 0.738. The molecule has 2 fully saturated rings. The van der Waals surface area contributed by atoms with Crippen LogP contribution in [0.3, 0.4) is 0 Å². The third-order valence-electron chi connectivity index (χ3n) is 5.37. The summed E-state index contributed by atoms with van der Waals surface area (Å²) in [4.78, 5) is 7.43. The molecule has 0 aromatic heterocycles. The van der Waals surface area contributed by atoms with Crippen molar-refractivity contribution in [2.24, 2.45) is 28.7 Å². The first-order chi connectivity index (χ1) is 10.7. The monoisotopic (exact) mass is 348 g/mol.